The monoisotopic (exact) mass is 417 g/mol. The molecule has 2 aliphatic rings. The lowest BCUT2D eigenvalue weighted by atomic mass is 9.97. The van der Waals surface area contributed by atoms with Crippen molar-refractivity contribution in [3.8, 4) is 11.5 Å². The summed E-state index contributed by atoms with van der Waals surface area (Å²) in [5.74, 6) is 2.89. The zero-order valence-corrected chi connectivity index (χ0v) is 17.8. The number of ether oxygens (including phenoxy) is 2. The molecule has 1 amide bonds. The van der Waals surface area contributed by atoms with E-state index >= 15 is 0 Å². The first-order valence-corrected chi connectivity index (χ1v) is 11.0. The molecule has 1 saturated heterocycles. The predicted molar refractivity (Wildman–Crippen MR) is 120 cm³/mol. The molecule has 0 radical (unpaired) electrons. The van der Waals surface area contributed by atoms with E-state index in [1.807, 2.05) is 35.2 Å². The minimum Gasteiger partial charge on any atom is -0.454 e. The van der Waals surface area contributed by atoms with E-state index in [9.17, 15) is 4.79 Å². The molecule has 6 nitrogen and oxygen atoms in total. The maximum Gasteiger partial charge on any atom is 0.246 e. The average Bonchev–Trinajstić information content (AvgIpc) is 3.42. The minimum absolute atomic E-state index is 0.0421. The topological polar surface area (TPSA) is 56.6 Å². The Morgan fingerprint density at radius 1 is 1.19 bits per heavy atom. The van der Waals surface area contributed by atoms with Crippen LogP contribution in [-0.4, -0.2) is 40.2 Å². The molecule has 0 N–H and O–H groups in total. The van der Waals surface area contributed by atoms with Crippen molar-refractivity contribution < 1.29 is 14.3 Å². The number of para-hydroxylation sites is 2. The second-order valence-electron chi connectivity index (χ2n) is 8.18. The third-order valence-electron chi connectivity index (χ3n) is 6.04. The van der Waals surface area contributed by atoms with Crippen molar-refractivity contribution in [3.05, 3.63) is 59.9 Å². The summed E-state index contributed by atoms with van der Waals surface area (Å²) < 4.78 is 13.1. The van der Waals surface area contributed by atoms with Crippen LogP contribution in [0, 0.1) is 0 Å². The van der Waals surface area contributed by atoms with Crippen molar-refractivity contribution in [2.75, 3.05) is 19.9 Å². The van der Waals surface area contributed by atoms with Gasteiger partial charge in [-0.2, -0.15) is 0 Å². The van der Waals surface area contributed by atoms with Crippen LogP contribution in [-0.2, 0) is 11.3 Å². The molecule has 160 valence electrons. The molecule has 2 aliphatic heterocycles. The molecule has 1 atom stereocenters. The smallest absolute Gasteiger partial charge is 0.246 e. The zero-order chi connectivity index (χ0) is 21.2. The van der Waals surface area contributed by atoms with Crippen molar-refractivity contribution in [1.29, 1.82) is 0 Å². The lowest BCUT2D eigenvalue weighted by Crippen LogP contribution is -2.38. The summed E-state index contributed by atoms with van der Waals surface area (Å²) in [6, 6.07) is 14.0. The first kappa shape index (κ1) is 19.7. The van der Waals surface area contributed by atoms with Crippen molar-refractivity contribution in [2.24, 2.45) is 0 Å². The Kier molecular flexibility index (Phi) is 5.37. The third-order valence-corrected chi connectivity index (χ3v) is 6.04. The quantitative estimate of drug-likeness (QED) is 0.570. The number of piperidine rings is 1. The molecular weight excluding hydrogens is 390 g/mol. The van der Waals surface area contributed by atoms with Crippen LogP contribution in [0.4, 0.5) is 0 Å². The number of hydrogen-bond acceptors (Lipinski definition) is 4. The minimum atomic E-state index is 0.0421. The molecular formula is C25H27N3O3. The Hall–Kier alpha value is -3.28. The van der Waals surface area contributed by atoms with Gasteiger partial charge in [0.25, 0.3) is 0 Å². The highest BCUT2D eigenvalue weighted by Gasteiger charge is 2.27. The van der Waals surface area contributed by atoms with Gasteiger partial charge in [-0.1, -0.05) is 25.1 Å². The number of rotatable bonds is 5. The predicted octanol–water partition coefficient (Wildman–Crippen LogP) is 4.59. The standard InChI is InChI=1S/C25H27N3O3/c1-2-13-28-21-8-4-3-7-20(21)26-25(28)19-6-5-14-27(16-19)24(29)12-10-18-9-11-22-23(15-18)31-17-30-22/h3-4,7-12,15,19H,2,5-6,13-14,16-17H2,1H3/b12-10+. The Bertz CT molecular complexity index is 1130. The van der Waals surface area contributed by atoms with E-state index in [1.165, 1.54) is 5.52 Å². The number of likely N-dealkylation sites (tertiary alicyclic amines) is 1. The van der Waals surface area contributed by atoms with Gasteiger partial charge in [0.05, 0.1) is 11.0 Å². The summed E-state index contributed by atoms with van der Waals surface area (Å²) in [6.45, 7) is 4.88. The number of amides is 1. The largest absolute Gasteiger partial charge is 0.454 e. The summed E-state index contributed by atoms with van der Waals surface area (Å²) in [6.07, 6.45) is 6.61. The fourth-order valence-electron chi connectivity index (χ4n) is 4.54. The molecule has 3 heterocycles. The van der Waals surface area contributed by atoms with Crippen LogP contribution in [0.1, 0.15) is 43.5 Å². The van der Waals surface area contributed by atoms with Gasteiger partial charge in [0, 0.05) is 31.6 Å². The van der Waals surface area contributed by atoms with Crippen molar-refractivity contribution in [2.45, 2.75) is 38.6 Å². The van der Waals surface area contributed by atoms with Gasteiger partial charge in [-0.05, 0) is 55.2 Å². The first-order chi connectivity index (χ1) is 15.2. The van der Waals surface area contributed by atoms with Crippen molar-refractivity contribution >= 4 is 23.0 Å². The molecule has 0 saturated carbocycles. The number of carbonyl (C=O) groups is 1. The van der Waals surface area contributed by atoms with Gasteiger partial charge in [0.15, 0.2) is 11.5 Å². The highest BCUT2D eigenvalue weighted by Crippen LogP contribution is 2.33. The molecule has 5 rings (SSSR count). The van der Waals surface area contributed by atoms with Gasteiger partial charge in [0.1, 0.15) is 5.82 Å². The number of nitrogens with zero attached hydrogens (tertiary/aromatic N) is 3. The first-order valence-electron chi connectivity index (χ1n) is 11.0. The van der Waals surface area contributed by atoms with E-state index in [4.69, 9.17) is 14.5 Å². The third kappa shape index (κ3) is 3.90. The van der Waals surface area contributed by atoms with Crippen molar-refractivity contribution in [3.63, 3.8) is 0 Å². The maximum absolute atomic E-state index is 12.9. The lowest BCUT2D eigenvalue weighted by Gasteiger charge is -2.32. The average molecular weight is 418 g/mol. The summed E-state index contributed by atoms with van der Waals surface area (Å²) >= 11 is 0. The molecule has 1 fully saturated rings. The summed E-state index contributed by atoms with van der Waals surface area (Å²) in [5, 5.41) is 0. The molecule has 1 aromatic heterocycles. The summed E-state index contributed by atoms with van der Waals surface area (Å²) in [7, 11) is 0. The van der Waals surface area contributed by atoms with E-state index in [0.717, 1.165) is 60.8 Å². The van der Waals surface area contributed by atoms with Gasteiger partial charge in [0.2, 0.25) is 12.7 Å². The SMILES string of the molecule is CCCn1c(C2CCCN(C(=O)/C=C/c3ccc4c(c3)OCO4)C2)nc2ccccc21. The fourth-order valence-corrected chi connectivity index (χ4v) is 4.54. The molecule has 0 spiro atoms. The second-order valence-corrected chi connectivity index (χ2v) is 8.18. The van der Waals surface area contributed by atoms with Crippen LogP contribution in [0.2, 0.25) is 0 Å². The molecule has 6 heteroatoms. The summed E-state index contributed by atoms with van der Waals surface area (Å²) in [4.78, 5) is 19.8. The normalized spacial score (nSPS) is 18.2. The Morgan fingerprint density at radius 2 is 2.06 bits per heavy atom. The van der Waals surface area contributed by atoms with Crippen LogP contribution in [0.25, 0.3) is 17.1 Å². The number of fused-ring (bicyclic) bond motifs is 2. The van der Waals surface area contributed by atoms with Gasteiger partial charge in [-0.15, -0.1) is 0 Å². The zero-order valence-electron chi connectivity index (χ0n) is 17.8. The number of hydrogen-bond donors (Lipinski definition) is 0. The van der Waals surface area contributed by atoms with Gasteiger partial charge < -0.3 is 18.9 Å². The number of benzene rings is 2. The lowest BCUT2D eigenvalue weighted by molar-refractivity contribution is -0.127. The Balaban J connectivity index is 1.33. The highest BCUT2D eigenvalue weighted by atomic mass is 16.7. The van der Waals surface area contributed by atoms with E-state index in [-0.39, 0.29) is 18.6 Å². The van der Waals surface area contributed by atoms with Crippen LogP contribution >= 0.6 is 0 Å². The van der Waals surface area contributed by atoms with E-state index < -0.39 is 0 Å². The molecule has 3 aromatic rings. The van der Waals surface area contributed by atoms with Crippen LogP contribution < -0.4 is 9.47 Å². The molecule has 0 aliphatic carbocycles. The van der Waals surface area contributed by atoms with Crippen molar-refractivity contribution in [1.82, 2.24) is 14.5 Å². The molecule has 31 heavy (non-hydrogen) atoms. The van der Waals surface area contributed by atoms with Crippen LogP contribution in [0.3, 0.4) is 0 Å². The molecule has 2 aromatic carbocycles. The van der Waals surface area contributed by atoms with Gasteiger partial charge in [-0.3, -0.25) is 4.79 Å². The van der Waals surface area contributed by atoms with Crippen LogP contribution in [0.15, 0.2) is 48.5 Å². The highest BCUT2D eigenvalue weighted by molar-refractivity contribution is 5.92. The number of carbonyl (C=O) groups excluding carboxylic acids is 1. The fraction of sp³-hybridized carbons (Fsp3) is 0.360. The Labute approximate surface area is 182 Å². The van der Waals surface area contributed by atoms with Crippen LogP contribution in [0.5, 0.6) is 11.5 Å². The number of aryl methyl sites for hydroxylation is 1. The van der Waals surface area contributed by atoms with E-state index in [0.29, 0.717) is 6.54 Å². The molecule has 1 unspecified atom stereocenters. The molecule has 0 bridgehead atoms. The second kappa shape index (κ2) is 8.46. The van der Waals surface area contributed by atoms with Gasteiger partial charge >= 0.3 is 0 Å². The van der Waals surface area contributed by atoms with E-state index in [1.54, 1.807) is 6.08 Å². The Morgan fingerprint density at radius 3 is 2.97 bits per heavy atom. The van der Waals surface area contributed by atoms with Gasteiger partial charge in [-0.25, -0.2) is 4.98 Å². The summed E-state index contributed by atoms with van der Waals surface area (Å²) in [5.41, 5.74) is 3.15. The van der Waals surface area contributed by atoms with E-state index in [2.05, 4.69) is 29.7 Å². The number of imidazole rings is 1. The number of aromatic nitrogens is 2. The maximum atomic E-state index is 12.9.